The van der Waals surface area contributed by atoms with E-state index < -0.39 is 0 Å². The first-order chi connectivity index (χ1) is 5.72. The number of hydrogen-bond donors (Lipinski definition) is 0. The molecule has 1 aromatic rings. The van der Waals surface area contributed by atoms with Crippen LogP contribution in [0.3, 0.4) is 0 Å². The van der Waals surface area contributed by atoms with E-state index in [2.05, 4.69) is 16.7 Å². The first-order valence-electron chi connectivity index (χ1n) is 3.33. The first-order valence-corrected chi connectivity index (χ1v) is 4.21. The third-order valence-corrected chi connectivity index (χ3v) is 1.98. The molecule has 1 heterocycles. The van der Waals surface area contributed by atoms with Crippen LogP contribution in [0.4, 0.5) is 0 Å². The van der Waals surface area contributed by atoms with Crippen molar-refractivity contribution in [1.82, 2.24) is 4.98 Å². The molecule has 1 amide bonds. The van der Waals surface area contributed by atoms with Crippen LogP contribution in [0.5, 0.6) is 0 Å². The number of hydrogen-bond acceptors (Lipinski definition) is 3. The largest absolute Gasteiger partial charge is 0.269 e. The summed E-state index contributed by atoms with van der Waals surface area (Å²) in [7, 11) is 0. The summed E-state index contributed by atoms with van der Waals surface area (Å²) in [5.41, 5.74) is 0.787. The van der Waals surface area contributed by atoms with E-state index in [1.165, 1.54) is 6.08 Å². The van der Waals surface area contributed by atoms with Crippen molar-refractivity contribution in [2.24, 2.45) is 4.99 Å². The van der Waals surface area contributed by atoms with Gasteiger partial charge in [-0.2, -0.15) is 0 Å². The highest BCUT2D eigenvalue weighted by atomic mass is 32.1. The van der Waals surface area contributed by atoms with Gasteiger partial charge < -0.3 is 0 Å². The highest BCUT2D eigenvalue weighted by Gasteiger charge is 1.93. The SMILES string of the molecule is C=NC(=O)/C=C/c1csc(C)n1. The molecule has 0 fully saturated rings. The van der Waals surface area contributed by atoms with Crippen LogP contribution in [0.25, 0.3) is 6.08 Å². The van der Waals surface area contributed by atoms with Crippen molar-refractivity contribution >= 4 is 30.0 Å². The Labute approximate surface area is 74.5 Å². The summed E-state index contributed by atoms with van der Waals surface area (Å²) in [5, 5.41) is 2.86. The van der Waals surface area contributed by atoms with Gasteiger partial charge in [-0.15, -0.1) is 11.3 Å². The molecular weight excluding hydrogens is 172 g/mol. The molecule has 1 rings (SSSR count). The lowest BCUT2D eigenvalue weighted by Gasteiger charge is -1.80. The molecule has 0 aliphatic rings. The van der Waals surface area contributed by atoms with Crippen LogP contribution in [0.15, 0.2) is 16.4 Å². The Hall–Kier alpha value is -1.29. The molecule has 0 N–H and O–H groups in total. The minimum Gasteiger partial charge on any atom is -0.268 e. The zero-order valence-electron chi connectivity index (χ0n) is 6.65. The maximum absolute atomic E-state index is 10.7. The average molecular weight is 180 g/mol. The fraction of sp³-hybridized carbons (Fsp3) is 0.125. The Morgan fingerprint density at radius 3 is 3.08 bits per heavy atom. The Morgan fingerprint density at radius 2 is 2.58 bits per heavy atom. The van der Waals surface area contributed by atoms with E-state index in [-0.39, 0.29) is 5.91 Å². The van der Waals surface area contributed by atoms with Crippen LogP contribution in [-0.2, 0) is 4.79 Å². The van der Waals surface area contributed by atoms with Crippen LogP contribution >= 0.6 is 11.3 Å². The summed E-state index contributed by atoms with van der Waals surface area (Å²) in [6.07, 6.45) is 2.97. The molecule has 62 valence electrons. The molecule has 0 aliphatic carbocycles. The Kier molecular flexibility index (Phi) is 2.88. The maximum atomic E-state index is 10.7. The highest BCUT2D eigenvalue weighted by molar-refractivity contribution is 7.09. The number of aryl methyl sites for hydroxylation is 1. The van der Waals surface area contributed by atoms with Gasteiger partial charge in [-0.25, -0.2) is 9.98 Å². The second kappa shape index (κ2) is 3.92. The summed E-state index contributed by atoms with van der Waals surface area (Å²) < 4.78 is 0. The van der Waals surface area contributed by atoms with E-state index in [1.807, 2.05) is 12.3 Å². The van der Waals surface area contributed by atoms with E-state index >= 15 is 0 Å². The Bertz CT molecular complexity index is 328. The molecular formula is C8H8N2OS. The molecule has 0 unspecified atom stereocenters. The number of aromatic nitrogens is 1. The number of carbonyl (C=O) groups excluding carboxylic acids is 1. The van der Waals surface area contributed by atoms with Crippen LogP contribution in [0.1, 0.15) is 10.7 Å². The van der Waals surface area contributed by atoms with Crippen LogP contribution in [0.2, 0.25) is 0 Å². The summed E-state index contributed by atoms with van der Waals surface area (Å²) >= 11 is 1.54. The molecule has 0 aliphatic heterocycles. The number of thiazole rings is 1. The van der Waals surface area contributed by atoms with E-state index in [9.17, 15) is 4.79 Å². The third kappa shape index (κ3) is 2.39. The van der Waals surface area contributed by atoms with Gasteiger partial charge in [0.15, 0.2) is 0 Å². The van der Waals surface area contributed by atoms with Gasteiger partial charge in [0.1, 0.15) is 0 Å². The van der Waals surface area contributed by atoms with Gasteiger partial charge in [0.25, 0.3) is 5.91 Å². The quantitative estimate of drug-likeness (QED) is 0.513. The number of nitrogens with zero attached hydrogens (tertiary/aromatic N) is 2. The number of amides is 1. The van der Waals surface area contributed by atoms with Gasteiger partial charge in [-0.3, -0.25) is 4.79 Å². The second-order valence-corrected chi connectivity index (χ2v) is 3.18. The molecule has 0 spiro atoms. The van der Waals surface area contributed by atoms with Crippen molar-refractivity contribution in [2.75, 3.05) is 0 Å². The van der Waals surface area contributed by atoms with Crippen molar-refractivity contribution in [2.45, 2.75) is 6.92 Å². The summed E-state index contributed by atoms with van der Waals surface area (Å²) in [5.74, 6) is -0.347. The molecule has 1 aromatic heterocycles. The third-order valence-electron chi connectivity index (χ3n) is 1.19. The molecule has 12 heavy (non-hydrogen) atoms. The Balaban J connectivity index is 2.69. The number of rotatable bonds is 2. The normalized spacial score (nSPS) is 10.4. The number of aliphatic imine (C=N–C) groups is 1. The van der Waals surface area contributed by atoms with Crippen LogP contribution in [-0.4, -0.2) is 17.6 Å². The first kappa shape index (κ1) is 8.80. The lowest BCUT2D eigenvalue weighted by molar-refractivity contribution is -0.113. The summed E-state index contributed by atoms with van der Waals surface area (Å²) in [6, 6.07) is 0. The van der Waals surface area contributed by atoms with Gasteiger partial charge >= 0.3 is 0 Å². The van der Waals surface area contributed by atoms with E-state index in [1.54, 1.807) is 17.4 Å². The summed E-state index contributed by atoms with van der Waals surface area (Å²) in [6.45, 7) is 5.02. The zero-order valence-corrected chi connectivity index (χ0v) is 7.47. The fourth-order valence-corrected chi connectivity index (χ4v) is 1.25. The molecule has 0 saturated heterocycles. The monoisotopic (exact) mass is 180 g/mol. The van der Waals surface area contributed by atoms with Gasteiger partial charge in [-0.05, 0) is 19.7 Å². The van der Waals surface area contributed by atoms with Crippen molar-refractivity contribution in [3.8, 4) is 0 Å². The van der Waals surface area contributed by atoms with E-state index in [4.69, 9.17) is 0 Å². The lowest BCUT2D eigenvalue weighted by atomic mass is 10.4. The molecule has 3 nitrogen and oxygen atoms in total. The fourth-order valence-electron chi connectivity index (χ4n) is 0.666. The highest BCUT2D eigenvalue weighted by Crippen LogP contribution is 2.08. The summed E-state index contributed by atoms with van der Waals surface area (Å²) in [4.78, 5) is 18.0. The van der Waals surface area contributed by atoms with Gasteiger partial charge in [-0.1, -0.05) is 0 Å². The van der Waals surface area contributed by atoms with Gasteiger partial charge in [0.2, 0.25) is 0 Å². The minimum atomic E-state index is -0.347. The van der Waals surface area contributed by atoms with Crippen molar-refractivity contribution in [3.05, 3.63) is 22.2 Å². The molecule has 0 aromatic carbocycles. The van der Waals surface area contributed by atoms with E-state index in [0.29, 0.717) is 0 Å². The smallest absolute Gasteiger partial charge is 0.268 e. The molecule has 0 radical (unpaired) electrons. The lowest BCUT2D eigenvalue weighted by Crippen LogP contribution is -1.83. The average Bonchev–Trinajstić information content (AvgIpc) is 2.47. The van der Waals surface area contributed by atoms with Gasteiger partial charge in [0.05, 0.1) is 10.7 Å². The topological polar surface area (TPSA) is 42.3 Å². The zero-order chi connectivity index (χ0) is 8.97. The predicted octanol–water partition coefficient (Wildman–Crippen LogP) is 1.69. The van der Waals surface area contributed by atoms with E-state index in [0.717, 1.165) is 10.7 Å². The standard InChI is InChI=1S/C8H8N2OS/c1-6-10-7(5-12-6)3-4-8(11)9-2/h3-5H,2H2,1H3/b4-3+. The van der Waals surface area contributed by atoms with Crippen molar-refractivity contribution in [1.29, 1.82) is 0 Å². The van der Waals surface area contributed by atoms with Crippen molar-refractivity contribution in [3.63, 3.8) is 0 Å². The number of carbonyl (C=O) groups is 1. The molecule has 0 bridgehead atoms. The van der Waals surface area contributed by atoms with Crippen molar-refractivity contribution < 1.29 is 4.79 Å². The molecule has 0 atom stereocenters. The molecule has 0 saturated carbocycles. The second-order valence-electron chi connectivity index (χ2n) is 2.12. The van der Waals surface area contributed by atoms with Crippen LogP contribution < -0.4 is 0 Å². The molecule has 4 heteroatoms. The predicted molar refractivity (Wildman–Crippen MR) is 50.4 cm³/mol. The van der Waals surface area contributed by atoms with Gasteiger partial charge in [0, 0.05) is 11.5 Å². The Morgan fingerprint density at radius 1 is 1.83 bits per heavy atom. The minimum absolute atomic E-state index is 0.347. The van der Waals surface area contributed by atoms with Crippen LogP contribution in [0, 0.1) is 6.92 Å². The maximum Gasteiger partial charge on any atom is 0.269 e.